The minimum Gasteiger partial charge on any atom is -0.481 e. The third-order valence-corrected chi connectivity index (χ3v) is 4.40. The van der Waals surface area contributed by atoms with Crippen LogP contribution in [0.5, 0.6) is 0 Å². The number of unbranched alkanes of at least 4 members (excludes halogenated alkanes) is 5. The minimum absolute atomic E-state index is 0.269. The average Bonchev–Trinajstić information content (AvgIpc) is 3.20. The molecule has 0 aromatic carbocycles. The lowest BCUT2D eigenvalue weighted by Crippen LogP contribution is -2.29. The number of carbonyl (C=O) groups is 2. The molecule has 0 radical (unpaired) electrons. The SMILES string of the molecule is CC/C=C\C/C=C\C/C=C\CCCCCCCC(=O)O.O=C(O)[C@@H]1CCCN1. The molecule has 28 heavy (non-hydrogen) atoms. The number of carboxylic acid groups (broad SMARTS) is 2. The molecule has 0 aromatic heterocycles. The van der Waals surface area contributed by atoms with Crippen LogP contribution in [0.25, 0.3) is 0 Å². The summed E-state index contributed by atoms with van der Waals surface area (Å²) in [5, 5.41) is 19.7. The highest BCUT2D eigenvalue weighted by atomic mass is 16.4. The number of nitrogens with one attached hydrogen (secondary N) is 1. The summed E-state index contributed by atoms with van der Waals surface area (Å²) in [7, 11) is 0. The smallest absolute Gasteiger partial charge is 0.320 e. The first-order valence-corrected chi connectivity index (χ1v) is 10.7. The summed E-state index contributed by atoms with van der Waals surface area (Å²) in [6, 6.07) is -0.269. The number of carboxylic acids is 2. The van der Waals surface area contributed by atoms with E-state index in [9.17, 15) is 9.59 Å². The predicted molar refractivity (Wildman–Crippen MR) is 116 cm³/mol. The minimum atomic E-state index is -0.720. The van der Waals surface area contributed by atoms with Gasteiger partial charge in [0.25, 0.3) is 0 Å². The summed E-state index contributed by atoms with van der Waals surface area (Å²) in [4.78, 5) is 20.5. The fourth-order valence-electron chi connectivity index (χ4n) is 2.79. The van der Waals surface area contributed by atoms with Crippen molar-refractivity contribution < 1.29 is 19.8 Å². The van der Waals surface area contributed by atoms with Crippen LogP contribution in [0.15, 0.2) is 36.5 Å². The van der Waals surface area contributed by atoms with Crippen molar-refractivity contribution in [1.29, 1.82) is 0 Å². The van der Waals surface area contributed by atoms with Crippen LogP contribution in [-0.2, 0) is 9.59 Å². The Balaban J connectivity index is 0.000000749. The Kier molecular flexibility index (Phi) is 18.5. The average molecular weight is 394 g/mol. The van der Waals surface area contributed by atoms with Gasteiger partial charge in [-0.1, -0.05) is 62.6 Å². The standard InChI is InChI=1S/C18H30O2.C5H9NO2/c1-2-3-4-5-6-7-8-9-10-11-12-13-14-15-16-17-18(19)20;7-5(8)4-2-1-3-6-4/h3-4,6-7,9-10H,2,5,8,11-17H2,1H3,(H,19,20);4,6H,1-3H2,(H,7,8)/b4-3-,7-6-,10-9-;/t;4-/m.0/s1. The van der Waals surface area contributed by atoms with E-state index in [0.717, 1.165) is 64.3 Å². The lowest BCUT2D eigenvalue weighted by molar-refractivity contribution is -0.139. The normalized spacial score (nSPS) is 16.7. The van der Waals surface area contributed by atoms with Gasteiger partial charge >= 0.3 is 11.9 Å². The summed E-state index contributed by atoms with van der Waals surface area (Å²) >= 11 is 0. The summed E-state index contributed by atoms with van der Waals surface area (Å²) in [5.74, 6) is -1.39. The largest absolute Gasteiger partial charge is 0.481 e. The molecule has 160 valence electrons. The molecule has 5 heteroatoms. The highest BCUT2D eigenvalue weighted by Gasteiger charge is 2.20. The van der Waals surface area contributed by atoms with Gasteiger partial charge in [0.2, 0.25) is 0 Å². The first-order valence-electron chi connectivity index (χ1n) is 10.7. The first-order chi connectivity index (χ1) is 13.6. The number of aliphatic carboxylic acids is 2. The topological polar surface area (TPSA) is 86.6 Å². The van der Waals surface area contributed by atoms with Crippen LogP contribution in [0.1, 0.15) is 84.0 Å². The molecule has 1 heterocycles. The lowest BCUT2D eigenvalue weighted by atomic mass is 10.1. The first kappa shape index (κ1) is 26.1. The Morgan fingerprint density at radius 3 is 2.04 bits per heavy atom. The molecule has 0 amide bonds. The van der Waals surface area contributed by atoms with Gasteiger partial charge in [0, 0.05) is 6.42 Å². The van der Waals surface area contributed by atoms with Crippen molar-refractivity contribution in [2.75, 3.05) is 6.54 Å². The van der Waals surface area contributed by atoms with Crippen LogP contribution in [0.4, 0.5) is 0 Å². The Bertz CT molecular complexity index is 477. The summed E-state index contributed by atoms with van der Waals surface area (Å²) in [6.45, 7) is 3.01. The van der Waals surface area contributed by atoms with Gasteiger partial charge in [-0.15, -0.1) is 0 Å². The Hall–Kier alpha value is -1.88. The van der Waals surface area contributed by atoms with E-state index in [0.29, 0.717) is 6.42 Å². The molecule has 1 fully saturated rings. The Labute approximate surface area is 170 Å². The van der Waals surface area contributed by atoms with Crippen molar-refractivity contribution >= 4 is 11.9 Å². The van der Waals surface area contributed by atoms with Gasteiger partial charge in [0.15, 0.2) is 0 Å². The second-order valence-corrected chi connectivity index (χ2v) is 6.98. The summed E-state index contributed by atoms with van der Waals surface area (Å²) in [5.41, 5.74) is 0. The van der Waals surface area contributed by atoms with Crippen LogP contribution in [0.3, 0.4) is 0 Å². The van der Waals surface area contributed by atoms with E-state index in [1.807, 2.05) is 0 Å². The molecule has 0 spiro atoms. The van der Waals surface area contributed by atoms with Gasteiger partial charge in [-0.3, -0.25) is 9.59 Å². The summed E-state index contributed by atoms with van der Waals surface area (Å²) < 4.78 is 0. The van der Waals surface area contributed by atoms with Gasteiger partial charge in [-0.05, 0) is 57.9 Å². The molecule has 1 aliphatic heterocycles. The zero-order valence-electron chi connectivity index (χ0n) is 17.4. The molecule has 1 aliphatic rings. The third kappa shape index (κ3) is 18.9. The van der Waals surface area contributed by atoms with Gasteiger partial charge in [0.1, 0.15) is 6.04 Å². The van der Waals surface area contributed by atoms with E-state index in [1.54, 1.807) is 0 Å². The zero-order valence-corrected chi connectivity index (χ0v) is 17.4. The molecule has 1 saturated heterocycles. The van der Waals surface area contributed by atoms with Crippen LogP contribution < -0.4 is 5.32 Å². The Morgan fingerprint density at radius 2 is 1.50 bits per heavy atom. The van der Waals surface area contributed by atoms with Crippen molar-refractivity contribution in [3.05, 3.63) is 36.5 Å². The molecule has 0 saturated carbocycles. The zero-order chi connectivity index (χ0) is 20.9. The highest BCUT2D eigenvalue weighted by molar-refractivity contribution is 5.73. The van der Waals surface area contributed by atoms with Gasteiger partial charge < -0.3 is 15.5 Å². The number of rotatable bonds is 14. The van der Waals surface area contributed by atoms with Crippen LogP contribution in [0, 0.1) is 0 Å². The van der Waals surface area contributed by atoms with E-state index >= 15 is 0 Å². The molecule has 0 aliphatic carbocycles. The molecule has 0 bridgehead atoms. The lowest BCUT2D eigenvalue weighted by Gasteiger charge is -1.99. The number of hydrogen-bond acceptors (Lipinski definition) is 3. The number of hydrogen-bond donors (Lipinski definition) is 3. The quantitative estimate of drug-likeness (QED) is 0.268. The maximum absolute atomic E-state index is 10.3. The van der Waals surface area contributed by atoms with Crippen molar-refractivity contribution in [1.82, 2.24) is 5.32 Å². The van der Waals surface area contributed by atoms with Gasteiger partial charge in [0.05, 0.1) is 0 Å². The monoisotopic (exact) mass is 393 g/mol. The van der Waals surface area contributed by atoms with E-state index < -0.39 is 11.9 Å². The predicted octanol–water partition coefficient (Wildman–Crippen LogP) is 5.48. The van der Waals surface area contributed by atoms with E-state index in [1.165, 1.54) is 12.8 Å². The fourth-order valence-corrected chi connectivity index (χ4v) is 2.79. The maximum atomic E-state index is 10.3. The fraction of sp³-hybridized carbons (Fsp3) is 0.652. The molecule has 3 N–H and O–H groups in total. The Morgan fingerprint density at radius 1 is 0.893 bits per heavy atom. The van der Waals surface area contributed by atoms with Crippen molar-refractivity contribution in [3.8, 4) is 0 Å². The van der Waals surface area contributed by atoms with E-state index in [2.05, 4.69) is 48.7 Å². The van der Waals surface area contributed by atoms with Crippen LogP contribution >= 0.6 is 0 Å². The second kappa shape index (κ2) is 19.9. The highest BCUT2D eigenvalue weighted by Crippen LogP contribution is 2.08. The number of allylic oxidation sites excluding steroid dienone is 6. The van der Waals surface area contributed by atoms with Gasteiger partial charge in [-0.2, -0.15) is 0 Å². The van der Waals surface area contributed by atoms with Crippen molar-refractivity contribution in [2.24, 2.45) is 0 Å². The third-order valence-electron chi connectivity index (χ3n) is 4.40. The summed E-state index contributed by atoms with van der Waals surface area (Å²) in [6.07, 6.45) is 25.2. The maximum Gasteiger partial charge on any atom is 0.320 e. The molecule has 0 aromatic rings. The van der Waals surface area contributed by atoms with E-state index in [4.69, 9.17) is 10.2 Å². The van der Waals surface area contributed by atoms with E-state index in [-0.39, 0.29) is 6.04 Å². The molecule has 5 nitrogen and oxygen atoms in total. The molecular formula is C23H39NO4. The van der Waals surface area contributed by atoms with Crippen molar-refractivity contribution in [2.45, 2.75) is 90.0 Å². The van der Waals surface area contributed by atoms with Crippen LogP contribution in [-0.4, -0.2) is 34.7 Å². The van der Waals surface area contributed by atoms with Crippen molar-refractivity contribution in [3.63, 3.8) is 0 Å². The molecule has 1 atom stereocenters. The molecular weight excluding hydrogens is 354 g/mol. The second-order valence-electron chi connectivity index (χ2n) is 6.98. The van der Waals surface area contributed by atoms with Gasteiger partial charge in [-0.25, -0.2) is 0 Å². The van der Waals surface area contributed by atoms with Crippen LogP contribution in [0.2, 0.25) is 0 Å². The molecule has 1 rings (SSSR count). The molecule has 0 unspecified atom stereocenters.